The second-order valence-corrected chi connectivity index (χ2v) is 31.1. The van der Waals surface area contributed by atoms with Gasteiger partial charge in [0.2, 0.25) is 0 Å². The Bertz CT molecular complexity index is 1180. The van der Waals surface area contributed by atoms with Crippen LogP contribution in [0.25, 0.3) is 17.2 Å². The summed E-state index contributed by atoms with van der Waals surface area (Å²) in [5, 5.41) is 0. The summed E-state index contributed by atoms with van der Waals surface area (Å²) in [5.41, 5.74) is 14.0. The number of halogens is 2. The minimum absolute atomic E-state index is 0. The maximum atomic E-state index is 2.64. The molecule has 187 valence electrons. The van der Waals surface area contributed by atoms with E-state index in [0.29, 0.717) is 9.54 Å². The van der Waals surface area contributed by atoms with Crippen molar-refractivity contribution in [3.63, 3.8) is 0 Å². The van der Waals surface area contributed by atoms with Gasteiger partial charge in [0.15, 0.2) is 0 Å². The van der Waals surface area contributed by atoms with Crippen LogP contribution in [0, 0.1) is 5.92 Å². The normalized spacial score (nSPS) is 19.5. The van der Waals surface area contributed by atoms with E-state index in [9.17, 15) is 0 Å². The number of benzene rings is 2. The van der Waals surface area contributed by atoms with Crippen LogP contribution in [0.4, 0.5) is 0 Å². The molecule has 2 unspecified atom stereocenters. The van der Waals surface area contributed by atoms with E-state index in [1.54, 1.807) is 27.9 Å². The van der Waals surface area contributed by atoms with E-state index in [1.165, 1.54) is 22.3 Å². The summed E-state index contributed by atoms with van der Waals surface area (Å²) in [6, 6.07) is 16.4. The van der Waals surface area contributed by atoms with Crippen LogP contribution in [-0.2, 0) is 26.3 Å². The van der Waals surface area contributed by atoms with Gasteiger partial charge in [-0.2, -0.15) is 0 Å². The van der Waals surface area contributed by atoms with Crippen LogP contribution < -0.4 is 24.8 Å². The SMILES string of the molecule is CC1=Cc2c(-c3ccc(C(C)(C)C)cc3)cccc2[CH]1[Zr+2]([C]1=C(C)C(C)=C(C)C1C)[SiH](C)C.[Cl-].[Cl-]. The van der Waals surface area contributed by atoms with E-state index in [0.717, 1.165) is 0 Å². The first-order chi connectivity index (χ1) is 15.4. The third kappa shape index (κ3) is 5.47. The molecule has 0 saturated carbocycles. The van der Waals surface area contributed by atoms with Gasteiger partial charge in [-0.05, 0) is 0 Å². The molecule has 0 heterocycles. The van der Waals surface area contributed by atoms with Crippen molar-refractivity contribution in [2.24, 2.45) is 5.92 Å². The van der Waals surface area contributed by atoms with Gasteiger partial charge in [0.25, 0.3) is 0 Å². The largest absolute Gasteiger partial charge is 1.00 e. The zero-order valence-electron chi connectivity index (χ0n) is 23.1. The van der Waals surface area contributed by atoms with Crippen molar-refractivity contribution in [2.75, 3.05) is 0 Å². The Morgan fingerprint density at radius 1 is 0.829 bits per heavy atom. The Labute approximate surface area is 235 Å². The molecule has 2 atom stereocenters. The summed E-state index contributed by atoms with van der Waals surface area (Å²) in [6.07, 6.45) is 2.55. The third-order valence-electron chi connectivity index (χ3n) is 8.22. The number of fused-ring (bicyclic) bond motifs is 1. The molecule has 0 saturated heterocycles. The molecule has 2 aromatic carbocycles. The van der Waals surface area contributed by atoms with Gasteiger partial charge in [-0.25, -0.2) is 0 Å². The molecule has 0 aliphatic heterocycles. The van der Waals surface area contributed by atoms with Crippen LogP contribution in [-0.4, -0.2) is 5.92 Å². The van der Waals surface area contributed by atoms with E-state index >= 15 is 0 Å². The predicted molar refractivity (Wildman–Crippen MR) is 146 cm³/mol. The van der Waals surface area contributed by atoms with Crippen molar-refractivity contribution >= 4 is 12.0 Å². The number of hydrogen-bond acceptors (Lipinski definition) is 0. The molecule has 2 aromatic rings. The Morgan fingerprint density at radius 2 is 1.43 bits per heavy atom. The molecular formula is C31H41Cl2SiZr. The molecule has 4 rings (SSSR count). The Hall–Kier alpha value is -0.660. The fraction of sp³-hybridized carbons (Fsp3) is 0.419. The first kappa shape index (κ1) is 30.6. The summed E-state index contributed by atoms with van der Waals surface area (Å²) >= 11 is -1.89. The minimum atomic E-state index is -1.89. The summed E-state index contributed by atoms with van der Waals surface area (Å²) < 4.78 is 2.65. The number of allylic oxidation sites excluding steroid dienone is 5. The first-order valence-electron chi connectivity index (χ1n) is 12.6. The molecule has 4 heteroatoms. The van der Waals surface area contributed by atoms with Gasteiger partial charge in [-0.1, -0.05) is 0 Å². The van der Waals surface area contributed by atoms with E-state index in [4.69, 9.17) is 0 Å². The zero-order chi connectivity index (χ0) is 24.2. The van der Waals surface area contributed by atoms with Crippen LogP contribution in [0.5, 0.6) is 0 Å². The number of hydrogen-bond donors (Lipinski definition) is 0. The van der Waals surface area contributed by atoms with Gasteiger partial charge in [0.1, 0.15) is 0 Å². The van der Waals surface area contributed by atoms with Gasteiger partial charge < -0.3 is 24.8 Å². The van der Waals surface area contributed by atoms with Crippen LogP contribution in [0.15, 0.2) is 68.0 Å². The van der Waals surface area contributed by atoms with Crippen LogP contribution >= 0.6 is 0 Å². The van der Waals surface area contributed by atoms with E-state index < -0.39 is 26.8 Å². The summed E-state index contributed by atoms with van der Waals surface area (Å²) in [7, 11) is 0. The van der Waals surface area contributed by atoms with Crippen molar-refractivity contribution in [2.45, 2.75) is 77.5 Å². The molecule has 35 heavy (non-hydrogen) atoms. The third-order valence-corrected chi connectivity index (χ3v) is 29.4. The van der Waals surface area contributed by atoms with Gasteiger partial charge in [0.05, 0.1) is 0 Å². The Morgan fingerprint density at radius 3 is 1.91 bits per heavy atom. The van der Waals surface area contributed by atoms with Gasteiger partial charge in [0, 0.05) is 0 Å². The van der Waals surface area contributed by atoms with E-state index in [2.05, 4.69) is 117 Å². The average Bonchev–Trinajstić information content (AvgIpc) is 3.18. The van der Waals surface area contributed by atoms with Crippen LogP contribution in [0.2, 0.25) is 13.1 Å². The monoisotopic (exact) mass is 601 g/mol. The fourth-order valence-corrected chi connectivity index (χ4v) is 29.1. The molecule has 0 N–H and O–H groups in total. The minimum Gasteiger partial charge on any atom is -1.00 e. The van der Waals surface area contributed by atoms with E-state index in [1.807, 2.05) is 3.28 Å². The van der Waals surface area contributed by atoms with Crippen molar-refractivity contribution in [1.82, 2.24) is 0 Å². The Balaban J connectivity index is 0.00000216. The molecule has 0 spiro atoms. The molecule has 0 radical (unpaired) electrons. The Kier molecular flexibility index (Phi) is 9.94. The zero-order valence-corrected chi connectivity index (χ0v) is 28.2. The standard InChI is InChI=1S/C20H21.C9H13.C2H7Si.2ClH.Zr/c1-14-12-16-6-5-7-18(19(16)13-14)15-8-10-17(11-9-15)20(2,3)4;1-6-5-7(2)9(4)8(6)3;1-3-2;;;/h5-13H,1-4H3;6H,1-4H3;3H,1-2H3;2*1H;/q;;;;;+2/p-2. The first-order valence-corrected chi connectivity index (χ1v) is 22.4. The average molecular weight is 604 g/mol. The van der Waals surface area contributed by atoms with Crippen LogP contribution in [0.1, 0.15) is 75.7 Å². The van der Waals surface area contributed by atoms with Gasteiger partial charge in [-0.15, -0.1) is 0 Å². The van der Waals surface area contributed by atoms with Crippen molar-refractivity contribution in [1.29, 1.82) is 0 Å². The summed E-state index contributed by atoms with van der Waals surface area (Å²) in [4.78, 5) is 0. The van der Waals surface area contributed by atoms with Crippen molar-refractivity contribution in [3.8, 4) is 11.1 Å². The second kappa shape index (κ2) is 11.4. The van der Waals surface area contributed by atoms with Crippen molar-refractivity contribution < 1.29 is 45.7 Å². The maximum Gasteiger partial charge on any atom is -1.00 e. The summed E-state index contributed by atoms with van der Waals surface area (Å²) in [5.74, 6) is -0.0988. The number of rotatable bonds is 4. The van der Waals surface area contributed by atoms with E-state index in [-0.39, 0.29) is 30.2 Å². The molecule has 0 fully saturated rings. The topological polar surface area (TPSA) is 0 Å². The van der Waals surface area contributed by atoms with Gasteiger partial charge in [-0.3, -0.25) is 0 Å². The second-order valence-electron chi connectivity index (χ2n) is 11.6. The van der Waals surface area contributed by atoms with Gasteiger partial charge >= 0.3 is 212 Å². The molecule has 0 amide bonds. The predicted octanol–water partition coefficient (Wildman–Crippen LogP) is 2.98. The molecule has 0 nitrogen and oxygen atoms in total. The van der Waals surface area contributed by atoms with Crippen molar-refractivity contribution in [3.05, 3.63) is 84.7 Å². The molecule has 0 aromatic heterocycles. The quantitative estimate of drug-likeness (QED) is 0.472. The van der Waals surface area contributed by atoms with Crippen LogP contribution in [0.3, 0.4) is 0 Å². The molecular weight excluding hydrogens is 563 g/mol. The molecule has 2 aliphatic rings. The fourth-order valence-electron chi connectivity index (χ4n) is 6.00. The maximum absolute atomic E-state index is 2.64. The molecule has 2 aliphatic carbocycles. The summed E-state index contributed by atoms with van der Waals surface area (Å²) in [6.45, 7) is 24.3. The molecule has 0 bridgehead atoms. The smallest absolute Gasteiger partial charge is 1.00 e.